The number of H-pyrrole nitrogens is 1. The van der Waals surface area contributed by atoms with Gasteiger partial charge in [-0.05, 0) is 35.6 Å². The molecule has 0 aliphatic carbocycles. The summed E-state index contributed by atoms with van der Waals surface area (Å²) in [7, 11) is 0. The molecule has 4 aromatic rings. The Morgan fingerprint density at radius 3 is 2.92 bits per heavy atom. The minimum absolute atomic E-state index is 0.231. The molecule has 0 saturated carbocycles. The molecule has 120 valence electrons. The van der Waals surface area contributed by atoms with Crippen molar-refractivity contribution < 1.29 is 0 Å². The maximum absolute atomic E-state index is 12.1. The Balaban J connectivity index is 1.72. The first-order valence-electron chi connectivity index (χ1n) is 7.42. The number of thioether (sulfide) groups is 1. The number of aromatic nitrogens is 4. The largest absolute Gasteiger partial charge is 0.290 e. The summed E-state index contributed by atoms with van der Waals surface area (Å²) in [6.07, 6.45) is 0. The van der Waals surface area contributed by atoms with Gasteiger partial charge in [-0.1, -0.05) is 42.1 Å². The van der Waals surface area contributed by atoms with Crippen LogP contribution < -0.4 is 5.56 Å². The molecule has 0 aliphatic heterocycles. The van der Waals surface area contributed by atoms with E-state index in [1.54, 1.807) is 27.6 Å². The average molecular weight is 354 g/mol. The molecule has 1 N–H and O–H groups in total. The van der Waals surface area contributed by atoms with Gasteiger partial charge in [0.2, 0.25) is 5.16 Å². The Kier molecular flexibility index (Phi) is 3.95. The summed E-state index contributed by atoms with van der Waals surface area (Å²) < 4.78 is 1.64. The molecule has 0 unspecified atom stereocenters. The second kappa shape index (κ2) is 6.26. The summed E-state index contributed by atoms with van der Waals surface area (Å²) in [5, 5.41) is 14.0. The van der Waals surface area contributed by atoms with Gasteiger partial charge in [0, 0.05) is 5.75 Å². The van der Waals surface area contributed by atoms with Gasteiger partial charge < -0.3 is 0 Å². The van der Waals surface area contributed by atoms with Crippen molar-refractivity contribution in [3.63, 3.8) is 0 Å². The van der Waals surface area contributed by atoms with Crippen molar-refractivity contribution in [2.45, 2.75) is 17.8 Å². The van der Waals surface area contributed by atoms with Crippen molar-refractivity contribution in [2.24, 2.45) is 0 Å². The first-order valence-corrected chi connectivity index (χ1v) is 9.28. The SMILES string of the molecule is Cc1ccccc1CSc1n[nH]c(=O)c2cc(-c3cccs3)nn12. The van der Waals surface area contributed by atoms with Gasteiger partial charge in [0.1, 0.15) is 11.2 Å². The van der Waals surface area contributed by atoms with Crippen LogP contribution in [0.2, 0.25) is 0 Å². The van der Waals surface area contributed by atoms with Gasteiger partial charge >= 0.3 is 0 Å². The van der Waals surface area contributed by atoms with Crippen LogP contribution in [0.25, 0.3) is 16.1 Å². The standard InChI is InChI=1S/C17H14N4OS2/c1-11-5-2-3-6-12(11)10-24-17-19-18-16(22)14-9-13(20-21(14)17)15-7-4-8-23-15/h2-9H,10H2,1H3,(H,18,22). The summed E-state index contributed by atoms with van der Waals surface area (Å²) in [6.45, 7) is 2.09. The zero-order valence-electron chi connectivity index (χ0n) is 12.9. The van der Waals surface area contributed by atoms with Crippen molar-refractivity contribution in [3.8, 4) is 10.6 Å². The van der Waals surface area contributed by atoms with Crippen molar-refractivity contribution in [1.29, 1.82) is 0 Å². The molecule has 0 fully saturated rings. The van der Waals surface area contributed by atoms with Gasteiger partial charge in [-0.3, -0.25) is 4.79 Å². The van der Waals surface area contributed by atoms with Crippen LogP contribution in [0.1, 0.15) is 11.1 Å². The van der Waals surface area contributed by atoms with Gasteiger partial charge in [-0.25, -0.2) is 9.61 Å². The van der Waals surface area contributed by atoms with Crippen LogP contribution in [-0.2, 0) is 5.75 Å². The lowest BCUT2D eigenvalue weighted by atomic mass is 10.1. The van der Waals surface area contributed by atoms with Crippen LogP contribution in [0.5, 0.6) is 0 Å². The van der Waals surface area contributed by atoms with Gasteiger partial charge in [0.15, 0.2) is 0 Å². The van der Waals surface area contributed by atoms with Gasteiger partial charge in [-0.2, -0.15) is 5.10 Å². The van der Waals surface area contributed by atoms with E-state index < -0.39 is 0 Å². The van der Waals surface area contributed by atoms with E-state index in [9.17, 15) is 4.79 Å². The number of nitrogens with zero attached hydrogens (tertiary/aromatic N) is 3. The fourth-order valence-corrected chi connectivity index (χ4v) is 4.11. The van der Waals surface area contributed by atoms with Crippen molar-refractivity contribution in [2.75, 3.05) is 0 Å². The Morgan fingerprint density at radius 2 is 2.12 bits per heavy atom. The lowest BCUT2D eigenvalue weighted by molar-refractivity contribution is 0.728. The van der Waals surface area contributed by atoms with E-state index in [4.69, 9.17) is 0 Å². The molecule has 3 aromatic heterocycles. The predicted molar refractivity (Wildman–Crippen MR) is 97.7 cm³/mol. The number of nitrogens with one attached hydrogen (secondary N) is 1. The number of thiophene rings is 1. The van der Waals surface area contributed by atoms with Crippen molar-refractivity contribution in [3.05, 3.63) is 69.3 Å². The lowest BCUT2D eigenvalue weighted by Gasteiger charge is -2.05. The van der Waals surface area contributed by atoms with E-state index in [0.717, 1.165) is 16.3 Å². The van der Waals surface area contributed by atoms with Crippen LogP contribution in [0.4, 0.5) is 0 Å². The summed E-state index contributed by atoms with van der Waals surface area (Å²) in [5.41, 5.74) is 3.56. The fraction of sp³-hybridized carbons (Fsp3) is 0.118. The third-order valence-electron chi connectivity index (χ3n) is 3.77. The molecule has 0 bridgehead atoms. The van der Waals surface area contributed by atoms with Crippen LogP contribution in [0.15, 0.2) is 57.8 Å². The molecule has 5 nitrogen and oxygen atoms in total. The number of hydrogen-bond acceptors (Lipinski definition) is 5. The third kappa shape index (κ3) is 2.76. The maximum Gasteiger partial charge on any atom is 0.290 e. The van der Waals surface area contributed by atoms with Gasteiger partial charge in [0.25, 0.3) is 5.56 Å². The average Bonchev–Trinajstić information content (AvgIpc) is 3.25. The highest BCUT2D eigenvalue weighted by Crippen LogP contribution is 2.26. The Morgan fingerprint density at radius 1 is 1.25 bits per heavy atom. The van der Waals surface area contributed by atoms with E-state index in [1.165, 1.54) is 11.1 Å². The van der Waals surface area contributed by atoms with E-state index in [0.29, 0.717) is 10.7 Å². The Bertz CT molecular complexity index is 1050. The zero-order chi connectivity index (χ0) is 16.5. The zero-order valence-corrected chi connectivity index (χ0v) is 14.5. The Hall–Kier alpha value is -2.38. The molecule has 0 amide bonds. The molecule has 0 saturated heterocycles. The summed E-state index contributed by atoms with van der Waals surface area (Å²) in [5.74, 6) is 0.773. The molecule has 0 aliphatic rings. The molecule has 7 heteroatoms. The minimum Gasteiger partial charge on any atom is -0.266 e. The number of fused-ring (bicyclic) bond motifs is 1. The van der Waals surface area contributed by atoms with E-state index >= 15 is 0 Å². The normalized spacial score (nSPS) is 11.2. The van der Waals surface area contributed by atoms with E-state index in [2.05, 4.69) is 34.4 Å². The topological polar surface area (TPSA) is 63.0 Å². The quantitative estimate of drug-likeness (QED) is 0.567. The summed E-state index contributed by atoms with van der Waals surface area (Å²) in [6, 6.07) is 14.0. The molecule has 3 heterocycles. The van der Waals surface area contributed by atoms with Crippen molar-refractivity contribution >= 4 is 28.6 Å². The maximum atomic E-state index is 12.1. The molecular weight excluding hydrogens is 340 g/mol. The molecule has 0 radical (unpaired) electrons. The van der Waals surface area contributed by atoms with Gasteiger partial charge in [0.05, 0.1) is 4.88 Å². The van der Waals surface area contributed by atoms with Crippen LogP contribution in [-0.4, -0.2) is 19.8 Å². The summed E-state index contributed by atoms with van der Waals surface area (Å²) in [4.78, 5) is 13.1. The first-order chi connectivity index (χ1) is 11.7. The number of aryl methyl sites for hydroxylation is 1. The summed E-state index contributed by atoms with van der Waals surface area (Å²) >= 11 is 3.16. The van der Waals surface area contributed by atoms with Gasteiger partial charge in [-0.15, -0.1) is 16.4 Å². The second-order valence-electron chi connectivity index (χ2n) is 5.35. The van der Waals surface area contributed by atoms with Crippen LogP contribution >= 0.6 is 23.1 Å². The number of hydrogen-bond donors (Lipinski definition) is 1. The smallest absolute Gasteiger partial charge is 0.266 e. The van der Waals surface area contributed by atoms with Crippen molar-refractivity contribution in [1.82, 2.24) is 19.8 Å². The second-order valence-corrected chi connectivity index (χ2v) is 7.24. The molecular formula is C17H14N4OS2. The molecule has 1 aromatic carbocycles. The first kappa shape index (κ1) is 15.2. The molecule has 0 atom stereocenters. The van der Waals surface area contributed by atoms with E-state index in [-0.39, 0.29) is 5.56 Å². The highest BCUT2D eigenvalue weighted by Gasteiger charge is 2.13. The number of benzene rings is 1. The molecule has 24 heavy (non-hydrogen) atoms. The predicted octanol–water partition coefficient (Wildman–Crippen LogP) is 3.75. The van der Waals surface area contributed by atoms with Crippen LogP contribution in [0, 0.1) is 6.92 Å². The highest BCUT2D eigenvalue weighted by atomic mass is 32.2. The molecule has 4 rings (SSSR count). The van der Waals surface area contributed by atoms with E-state index in [1.807, 2.05) is 35.7 Å². The lowest BCUT2D eigenvalue weighted by Crippen LogP contribution is -2.13. The third-order valence-corrected chi connectivity index (χ3v) is 5.64. The van der Waals surface area contributed by atoms with Crippen LogP contribution in [0.3, 0.4) is 0 Å². The number of rotatable bonds is 4. The minimum atomic E-state index is -0.231. The molecule has 0 spiro atoms. The fourth-order valence-electron chi connectivity index (χ4n) is 2.44. The number of aromatic amines is 1. The monoisotopic (exact) mass is 354 g/mol. The highest BCUT2D eigenvalue weighted by molar-refractivity contribution is 7.98. The Labute approximate surface area is 146 Å².